The molecule has 2 aromatic rings. The molecule has 0 spiro atoms. The molecule has 2 rings (SSSR count). The molecular weight excluding hydrogens is 279 g/mol. The summed E-state index contributed by atoms with van der Waals surface area (Å²) in [6.45, 7) is 6.11. The maximum absolute atomic E-state index is 13.1. The number of hydrogen-bond acceptors (Lipinski definition) is 4. The van der Waals surface area contributed by atoms with Crippen LogP contribution >= 0.6 is 11.6 Å². The van der Waals surface area contributed by atoms with Crippen LogP contribution in [0.4, 0.5) is 21.8 Å². The van der Waals surface area contributed by atoms with Crippen molar-refractivity contribution in [2.75, 3.05) is 17.2 Å². The fourth-order valence-corrected chi connectivity index (χ4v) is 1.78. The van der Waals surface area contributed by atoms with Gasteiger partial charge in [0, 0.05) is 24.0 Å². The summed E-state index contributed by atoms with van der Waals surface area (Å²) < 4.78 is 13.1. The first-order chi connectivity index (χ1) is 9.58. The summed E-state index contributed by atoms with van der Waals surface area (Å²) >= 11 is 5.73. The van der Waals surface area contributed by atoms with Crippen molar-refractivity contribution in [3.05, 3.63) is 53.5 Å². The number of nitrogens with zero attached hydrogens (tertiary/aromatic N) is 2. The largest absolute Gasteiger partial charge is 0.366 e. The van der Waals surface area contributed by atoms with Gasteiger partial charge in [0.25, 0.3) is 0 Å². The van der Waals surface area contributed by atoms with Gasteiger partial charge in [0.2, 0.25) is 5.95 Å². The standard InChI is InChI=1S/C14H14ClFN4/c1-3-6-17-13-7-9(2)18-14(20-13)19-10-4-5-12(16)11(15)8-10/h3-5,7-8H,1,6H2,2H3,(H2,17,18,19,20). The Balaban J connectivity index is 2.21. The van der Waals surface area contributed by atoms with E-state index in [2.05, 4.69) is 27.2 Å². The number of hydrogen-bond donors (Lipinski definition) is 2. The lowest BCUT2D eigenvalue weighted by Gasteiger charge is -2.09. The van der Waals surface area contributed by atoms with Crippen LogP contribution < -0.4 is 10.6 Å². The minimum atomic E-state index is -0.462. The number of aryl methyl sites for hydroxylation is 1. The van der Waals surface area contributed by atoms with Crippen LogP contribution in [0.1, 0.15) is 5.69 Å². The first kappa shape index (κ1) is 14.3. The monoisotopic (exact) mass is 292 g/mol. The van der Waals surface area contributed by atoms with E-state index in [0.717, 1.165) is 5.69 Å². The smallest absolute Gasteiger partial charge is 0.229 e. The Hall–Kier alpha value is -2.14. The van der Waals surface area contributed by atoms with E-state index in [1.165, 1.54) is 12.1 Å². The molecule has 1 heterocycles. The van der Waals surface area contributed by atoms with Crippen molar-refractivity contribution in [1.29, 1.82) is 0 Å². The topological polar surface area (TPSA) is 49.8 Å². The Morgan fingerprint density at radius 2 is 2.15 bits per heavy atom. The molecule has 0 aliphatic rings. The molecule has 0 radical (unpaired) electrons. The van der Waals surface area contributed by atoms with Crippen LogP contribution in [0.15, 0.2) is 36.9 Å². The Morgan fingerprint density at radius 1 is 1.35 bits per heavy atom. The molecule has 0 bridgehead atoms. The third kappa shape index (κ3) is 3.68. The van der Waals surface area contributed by atoms with Gasteiger partial charge in [-0.05, 0) is 25.1 Å². The predicted molar refractivity (Wildman–Crippen MR) is 80.1 cm³/mol. The van der Waals surface area contributed by atoms with Crippen molar-refractivity contribution < 1.29 is 4.39 Å². The Labute approximate surface area is 121 Å². The molecule has 0 aliphatic carbocycles. The van der Waals surface area contributed by atoms with Crippen LogP contribution in [0.2, 0.25) is 5.02 Å². The van der Waals surface area contributed by atoms with Crippen molar-refractivity contribution >= 4 is 29.1 Å². The molecule has 0 atom stereocenters. The van der Waals surface area contributed by atoms with Gasteiger partial charge in [0.05, 0.1) is 5.02 Å². The molecule has 104 valence electrons. The van der Waals surface area contributed by atoms with Crippen LogP contribution in [0.5, 0.6) is 0 Å². The summed E-state index contributed by atoms with van der Waals surface area (Å²) in [6, 6.07) is 6.17. The Bertz CT molecular complexity index is 631. The molecule has 4 nitrogen and oxygen atoms in total. The second kappa shape index (κ2) is 6.34. The van der Waals surface area contributed by atoms with Crippen LogP contribution in [0.25, 0.3) is 0 Å². The molecular formula is C14H14ClFN4. The predicted octanol–water partition coefficient (Wildman–Crippen LogP) is 3.92. The number of nitrogens with one attached hydrogen (secondary N) is 2. The highest BCUT2D eigenvalue weighted by Crippen LogP contribution is 2.22. The van der Waals surface area contributed by atoms with E-state index in [9.17, 15) is 4.39 Å². The van der Waals surface area contributed by atoms with Gasteiger partial charge in [0.1, 0.15) is 11.6 Å². The molecule has 0 saturated heterocycles. The van der Waals surface area contributed by atoms with Gasteiger partial charge in [-0.2, -0.15) is 4.98 Å². The average Bonchev–Trinajstić information content (AvgIpc) is 2.40. The molecule has 20 heavy (non-hydrogen) atoms. The van der Waals surface area contributed by atoms with Gasteiger partial charge in [-0.15, -0.1) is 6.58 Å². The SMILES string of the molecule is C=CCNc1cc(C)nc(Nc2ccc(F)c(Cl)c2)n1. The van der Waals surface area contributed by atoms with Crippen molar-refractivity contribution in [2.45, 2.75) is 6.92 Å². The van der Waals surface area contributed by atoms with Gasteiger partial charge in [-0.25, -0.2) is 9.37 Å². The maximum atomic E-state index is 13.1. The third-order valence-electron chi connectivity index (χ3n) is 2.46. The zero-order valence-corrected chi connectivity index (χ0v) is 11.7. The summed E-state index contributed by atoms with van der Waals surface area (Å²) in [4.78, 5) is 8.56. The highest BCUT2D eigenvalue weighted by Gasteiger charge is 2.05. The Morgan fingerprint density at radius 3 is 2.85 bits per heavy atom. The lowest BCUT2D eigenvalue weighted by molar-refractivity contribution is 0.628. The van der Waals surface area contributed by atoms with E-state index in [-0.39, 0.29) is 5.02 Å². The van der Waals surface area contributed by atoms with Crippen molar-refractivity contribution in [3.8, 4) is 0 Å². The highest BCUT2D eigenvalue weighted by molar-refractivity contribution is 6.31. The zero-order chi connectivity index (χ0) is 14.5. The molecule has 0 fully saturated rings. The van der Waals surface area contributed by atoms with Crippen LogP contribution in [-0.4, -0.2) is 16.5 Å². The third-order valence-corrected chi connectivity index (χ3v) is 2.75. The minimum Gasteiger partial charge on any atom is -0.366 e. The molecule has 6 heteroatoms. The summed E-state index contributed by atoms with van der Waals surface area (Å²) in [5, 5.41) is 6.13. The van der Waals surface area contributed by atoms with Crippen LogP contribution in [-0.2, 0) is 0 Å². The number of anilines is 3. The lowest BCUT2D eigenvalue weighted by atomic mass is 10.3. The average molecular weight is 293 g/mol. The summed E-state index contributed by atoms with van der Waals surface area (Å²) in [5.74, 6) is 0.642. The second-order valence-corrected chi connectivity index (χ2v) is 4.55. The summed E-state index contributed by atoms with van der Waals surface area (Å²) in [7, 11) is 0. The van der Waals surface area contributed by atoms with Gasteiger partial charge in [-0.3, -0.25) is 0 Å². The zero-order valence-electron chi connectivity index (χ0n) is 11.0. The number of halogens is 2. The van der Waals surface area contributed by atoms with Gasteiger partial charge in [0.15, 0.2) is 0 Å². The second-order valence-electron chi connectivity index (χ2n) is 4.14. The summed E-state index contributed by atoms with van der Waals surface area (Å²) in [5.41, 5.74) is 1.43. The van der Waals surface area contributed by atoms with E-state index in [1.54, 1.807) is 12.1 Å². The quantitative estimate of drug-likeness (QED) is 0.820. The maximum Gasteiger partial charge on any atom is 0.229 e. The van der Waals surface area contributed by atoms with Gasteiger partial charge < -0.3 is 10.6 Å². The number of aromatic nitrogens is 2. The highest BCUT2D eigenvalue weighted by atomic mass is 35.5. The Kier molecular flexibility index (Phi) is 4.53. The summed E-state index contributed by atoms with van der Waals surface area (Å²) in [6.07, 6.45) is 1.74. The first-order valence-corrected chi connectivity index (χ1v) is 6.39. The molecule has 1 aromatic heterocycles. The number of rotatable bonds is 5. The van der Waals surface area contributed by atoms with E-state index in [4.69, 9.17) is 11.6 Å². The van der Waals surface area contributed by atoms with E-state index in [0.29, 0.717) is 24.0 Å². The van der Waals surface area contributed by atoms with E-state index >= 15 is 0 Å². The molecule has 2 N–H and O–H groups in total. The van der Waals surface area contributed by atoms with Crippen LogP contribution in [0, 0.1) is 12.7 Å². The normalized spacial score (nSPS) is 10.2. The van der Waals surface area contributed by atoms with Crippen molar-refractivity contribution in [1.82, 2.24) is 9.97 Å². The molecule has 0 aliphatic heterocycles. The van der Waals surface area contributed by atoms with E-state index < -0.39 is 5.82 Å². The van der Waals surface area contributed by atoms with Gasteiger partial charge >= 0.3 is 0 Å². The van der Waals surface area contributed by atoms with Crippen LogP contribution in [0.3, 0.4) is 0 Å². The lowest BCUT2D eigenvalue weighted by Crippen LogP contribution is -2.05. The van der Waals surface area contributed by atoms with Crippen molar-refractivity contribution in [3.63, 3.8) is 0 Å². The van der Waals surface area contributed by atoms with Gasteiger partial charge in [-0.1, -0.05) is 17.7 Å². The molecule has 0 saturated carbocycles. The van der Waals surface area contributed by atoms with Crippen molar-refractivity contribution in [2.24, 2.45) is 0 Å². The molecule has 0 unspecified atom stereocenters. The molecule has 1 aromatic carbocycles. The fraction of sp³-hybridized carbons (Fsp3) is 0.143. The molecule has 0 amide bonds. The fourth-order valence-electron chi connectivity index (χ4n) is 1.59. The minimum absolute atomic E-state index is 0.0488. The van der Waals surface area contributed by atoms with E-state index in [1.807, 2.05) is 13.0 Å². The number of benzene rings is 1. The first-order valence-electron chi connectivity index (χ1n) is 6.01.